The molecule has 1 rings (SSSR count). The molecule has 0 amide bonds. The fourth-order valence-electron chi connectivity index (χ4n) is 1.50. The Bertz CT molecular complexity index is 475. The Kier molecular flexibility index (Phi) is 6.03. The van der Waals surface area contributed by atoms with E-state index in [4.69, 9.17) is 9.47 Å². The quantitative estimate of drug-likeness (QED) is 0.687. The van der Waals surface area contributed by atoms with Crippen LogP contribution in [0.25, 0.3) is 0 Å². The summed E-state index contributed by atoms with van der Waals surface area (Å²) in [4.78, 5) is 0. The number of sulfonamides is 1. The molecule has 0 aromatic heterocycles. The lowest BCUT2D eigenvalue weighted by Crippen LogP contribution is -2.43. The number of ether oxygens (including phenoxy) is 2. The average molecular weight is 304 g/mol. The summed E-state index contributed by atoms with van der Waals surface area (Å²) in [6.07, 6.45) is 1.14. The Balaban J connectivity index is 2.65. The normalized spacial score (nSPS) is 16.1. The second kappa shape index (κ2) is 7.10. The second-order valence-electron chi connectivity index (χ2n) is 4.90. The average Bonchev–Trinajstić information content (AvgIpc) is 2.26. The molecule has 0 radical (unpaired) electrons. The molecule has 9 heteroatoms. The van der Waals surface area contributed by atoms with Gasteiger partial charge in [0.25, 0.3) is 0 Å². The van der Waals surface area contributed by atoms with Crippen LogP contribution in [0, 0.1) is 0 Å². The largest absolute Gasteiger partial charge is 0.490 e. The van der Waals surface area contributed by atoms with Crippen LogP contribution in [0.15, 0.2) is 16.8 Å². The highest BCUT2D eigenvalue weighted by Crippen LogP contribution is 2.13. The van der Waals surface area contributed by atoms with E-state index in [2.05, 4.69) is 5.10 Å². The summed E-state index contributed by atoms with van der Waals surface area (Å²) in [5, 5.41) is 13.6. The van der Waals surface area contributed by atoms with Gasteiger partial charge >= 0.3 is 7.05 Å². The Morgan fingerprint density at radius 2 is 2.00 bits per heavy atom. The molecule has 0 aromatic carbocycles. The summed E-state index contributed by atoms with van der Waals surface area (Å²) in [6, 6.07) is 0. The molecule has 0 saturated heterocycles. The van der Waals surface area contributed by atoms with Gasteiger partial charge in [-0.2, -0.15) is 5.10 Å². The van der Waals surface area contributed by atoms with Crippen molar-refractivity contribution in [2.24, 2.45) is 5.10 Å². The van der Waals surface area contributed by atoms with E-state index < -0.39 is 17.1 Å². The number of hydrogen-bond acceptors (Lipinski definition) is 6. The third-order valence-electron chi connectivity index (χ3n) is 2.29. The number of rotatable bonds is 7. The molecule has 0 aromatic rings. The maximum absolute atomic E-state index is 12.0. The first-order chi connectivity index (χ1) is 9.22. The van der Waals surface area contributed by atoms with Crippen LogP contribution in [-0.4, -0.2) is 55.6 Å². The molecule has 0 spiro atoms. The first-order valence-electron chi connectivity index (χ1n) is 6.46. The molecule has 1 heterocycles. The predicted molar refractivity (Wildman–Crippen MR) is 77.5 cm³/mol. The van der Waals surface area contributed by atoms with E-state index in [0.29, 0.717) is 10.1 Å². The maximum Gasteiger partial charge on any atom is 0.479 e. The number of hydrazone groups is 1. The maximum atomic E-state index is 12.0. The van der Waals surface area contributed by atoms with Gasteiger partial charge in [0.15, 0.2) is 0 Å². The minimum atomic E-state index is -3.72. The monoisotopic (exact) mass is 304 g/mol. The molecule has 0 atom stereocenters. The fourth-order valence-corrected chi connectivity index (χ4v) is 2.57. The van der Waals surface area contributed by atoms with Gasteiger partial charge in [0.1, 0.15) is 5.76 Å². The standard InChI is InChI=1S/C11H21BN2O5S/c1-9(2)18-5-6-20(16,17)14-12(15)7-11(8-13-14)19-10(3)4/h7-10,15H,5-6H2,1-4H3. The van der Waals surface area contributed by atoms with Crippen LogP contribution in [0.3, 0.4) is 0 Å². The van der Waals surface area contributed by atoms with Crippen molar-refractivity contribution < 1.29 is 22.9 Å². The first-order valence-corrected chi connectivity index (χ1v) is 8.07. The molecular formula is C11H21BN2O5S. The summed E-state index contributed by atoms with van der Waals surface area (Å²) >= 11 is 0. The van der Waals surface area contributed by atoms with Crippen molar-refractivity contribution in [3.8, 4) is 0 Å². The lowest BCUT2D eigenvalue weighted by atomic mass is 9.84. The summed E-state index contributed by atoms with van der Waals surface area (Å²) in [5.41, 5.74) is 0. The highest BCUT2D eigenvalue weighted by molar-refractivity contribution is 7.90. The van der Waals surface area contributed by atoms with Gasteiger partial charge in [0.05, 0.1) is 30.8 Å². The third-order valence-corrected chi connectivity index (χ3v) is 3.85. The molecule has 0 fully saturated rings. The highest BCUT2D eigenvalue weighted by Gasteiger charge is 2.33. The Hall–Kier alpha value is -1.06. The zero-order valence-electron chi connectivity index (χ0n) is 12.2. The second-order valence-corrected chi connectivity index (χ2v) is 6.85. The highest BCUT2D eigenvalue weighted by atomic mass is 32.2. The van der Waals surface area contributed by atoms with Gasteiger partial charge in [-0.15, -0.1) is 0 Å². The van der Waals surface area contributed by atoms with E-state index >= 15 is 0 Å². The molecule has 114 valence electrons. The fraction of sp³-hybridized carbons (Fsp3) is 0.727. The van der Waals surface area contributed by atoms with Crippen LogP contribution in [0.1, 0.15) is 27.7 Å². The van der Waals surface area contributed by atoms with E-state index in [0.717, 1.165) is 0 Å². The van der Waals surface area contributed by atoms with E-state index in [9.17, 15) is 13.4 Å². The molecule has 20 heavy (non-hydrogen) atoms. The summed E-state index contributed by atoms with van der Waals surface area (Å²) in [7, 11) is -5.08. The van der Waals surface area contributed by atoms with Gasteiger partial charge in [0.2, 0.25) is 10.0 Å². The van der Waals surface area contributed by atoms with Crippen molar-refractivity contribution in [2.45, 2.75) is 39.9 Å². The van der Waals surface area contributed by atoms with Crippen LogP contribution < -0.4 is 0 Å². The van der Waals surface area contributed by atoms with E-state index in [1.165, 1.54) is 12.2 Å². The number of allylic oxidation sites excluding steroid dienone is 1. The Morgan fingerprint density at radius 3 is 2.50 bits per heavy atom. The van der Waals surface area contributed by atoms with Crippen molar-refractivity contribution in [1.29, 1.82) is 0 Å². The zero-order chi connectivity index (χ0) is 15.3. The first kappa shape index (κ1) is 17.0. The van der Waals surface area contributed by atoms with Gasteiger partial charge in [0, 0.05) is 0 Å². The zero-order valence-corrected chi connectivity index (χ0v) is 13.0. The van der Waals surface area contributed by atoms with Crippen molar-refractivity contribution >= 4 is 23.3 Å². The van der Waals surface area contributed by atoms with Crippen LogP contribution in [0.5, 0.6) is 0 Å². The molecule has 1 N–H and O–H groups in total. The molecular weight excluding hydrogens is 283 g/mol. The third kappa shape index (κ3) is 5.14. The molecule has 1 aliphatic rings. The number of hydrogen-bond donors (Lipinski definition) is 1. The smallest absolute Gasteiger partial charge is 0.479 e. The number of nitrogens with zero attached hydrogens (tertiary/aromatic N) is 2. The SMILES string of the molecule is CC(C)OCCS(=O)(=O)N1N=CC(OC(C)C)=CB1O. The molecule has 0 saturated carbocycles. The topological polar surface area (TPSA) is 88.4 Å². The van der Waals surface area contributed by atoms with E-state index in [1.54, 1.807) is 0 Å². The van der Waals surface area contributed by atoms with E-state index in [1.807, 2.05) is 27.7 Å². The molecule has 0 unspecified atom stereocenters. The molecule has 0 bridgehead atoms. The van der Waals surface area contributed by atoms with Crippen molar-refractivity contribution in [1.82, 2.24) is 4.33 Å². The van der Waals surface area contributed by atoms with Crippen LogP contribution >= 0.6 is 0 Å². The van der Waals surface area contributed by atoms with Crippen LogP contribution in [0.4, 0.5) is 0 Å². The summed E-state index contributed by atoms with van der Waals surface area (Å²) in [6.45, 7) is 7.34. The van der Waals surface area contributed by atoms with E-state index in [-0.39, 0.29) is 24.6 Å². The van der Waals surface area contributed by atoms with Gasteiger partial charge in [-0.3, -0.25) is 0 Å². The lowest BCUT2D eigenvalue weighted by Gasteiger charge is -2.24. The van der Waals surface area contributed by atoms with Gasteiger partial charge < -0.3 is 14.5 Å². The predicted octanol–water partition coefficient (Wildman–Crippen LogP) is 0.371. The summed E-state index contributed by atoms with van der Waals surface area (Å²) < 4.78 is 35.2. The Labute approximate surface area is 120 Å². The van der Waals surface area contributed by atoms with Gasteiger partial charge in [-0.05, 0) is 33.7 Å². The minimum absolute atomic E-state index is 0.0501. The van der Waals surface area contributed by atoms with Crippen LogP contribution in [0.2, 0.25) is 0 Å². The molecule has 0 aliphatic carbocycles. The van der Waals surface area contributed by atoms with Crippen molar-refractivity contribution in [2.75, 3.05) is 12.4 Å². The van der Waals surface area contributed by atoms with Gasteiger partial charge in [-0.1, -0.05) is 0 Å². The van der Waals surface area contributed by atoms with Gasteiger partial charge in [-0.25, -0.2) is 12.7 Å². The summed E-state index contributed by atoms with van der Waals surface area (Å²) in [5.74, 6) is 1.40. The van der Waals surface area contributed by atoms with Crippen molar-refractivity contribution in [3.63, 3.8) is 0 Å². The molecule has 1 aliphatic heterocycles. The van der Waals surface area contributed by atoms with Crippen LogP contribution in [-0.2, 0) is 19.5 Å². The molecule has 7 nitrogen and oxygen atoms in total. The lowest BCUT2D eigenvalue weighted by molar-refractivity contribution is 0.0909. The minimum Gasteiger partial charge on any atom is -0.490 e. The van der Waals surface area contributed by atoms with Crippen molar-refractivity contribution in [3.05, 3.63) is 11.7 Å². The Morgan fingerprint density at radius 1 is 1.35 bits per heavy atom.